The zero-order chi connectivity index (χ0) is 15.6. The van der Waals surface area contributed by atoms with E-state index in [1.165, 1.54) is 19.4 Å². The highest BCUT2D eigenvalue weighted by atomic mass is 28.4. The minimum absolute atomic E-state index is 0.0999. The van der Waals surface area contributed by atoms with E-state index in [2.05, 4.69) is 33.9 Å². The lowest BCUT2D eigenvalue weighted by molar-refractivity contribution is 0.144. The van der Waals surface area contributed by atoms with E-state index >= 15 is 0 Å². The second kappa shape index (κ2) is 6.14. The van der Waals surface area contributed by atoms with Gasteiger partial charge in [-0.25, -0.2) is 0 Å². The first-order chi connectivity index (χ1) is 9.14. The SMILES string of the molecule is CCC(O[Si](C)(C)C(C)(C)C)c1occc(=O)c1OC. The summed E-state index contributed by atoms with van der Waals surface area (Å²) in [7, 11) is -0.461. The van der Waals surface area contributed by atoms with Crippen LogP contribution >= 0.6 is 0 Å². The van der Waals surface area contributed by atoms with Gasteiger partial charge in [0.25, 0.3) is 0 Å². The van der Waals surface area contributed by atoms with Gasteiger partial charge in [-0.1, -0.05) is 27.7 Å². The molecule has 0 aliphatic heterocycles. The van der Waals surface area contributed by atoms with E-state index in [1.54, 1.807) is 0 Å². The summed E-state index contributed by atoms with van der Waals surface area (Å²) in [6.07, 6.45) is 1.88. The molecule has 1 aromatic rings. The third-order valence-corrected chi connectivity index (χ3v) is 8.46. The molecule has 4 nitrogen and oxygen atoms in total. The quantitative estimate of drug-likeness (QED) is 0.767. The summed E-state index contributed by atoms with van der Waals surface area (Å²) in [5.74, 6) is 0.741. The second-order valence-corrected chi connectivity index (χ2v) is 11.2. The molecule has 1 heterocycles. The third-order valence-electron chi connectivity index (χ3n) is 3.97. The Hall–Kier alpha value is -1.07. The smallest absolute Gasteiger partial charge is 0.227 e. The molecule has 0 saturated carbocycles. The summed E-state index contributed by atoms with van der Waals surface area (Å²) in [5, 5.41) is 0.0999. The van der Waals surface area contributed by atoms with Gasteiger partial charge in [-0.15, -0.1) is 0 Å². The molecule has 0 aliphatic carbocycles. The monoisotopic (exact) mass is 298 g/mol. The van der Waals surface area contributed by atoms with Crippen LogP contribution < -0.4 is 10.2 Å². The molecule has 0 fully saturated rings. The van der Waals surface area contributed by atoms with Crippen molar-refractivity contribution in [2.24, 2.45) is 0 Å². The van der Waals surface area contributed by atoms with E-state index in [1.807, 2.05) is 6.92 Å². The Labute approximate surface area is 122 Å². The highest BCUT2D eigenvalue weighted by Crippen LogP contribution is 2.41. The molecule has 0 N–H and O–H groups in total. The predicted octanol–water partition coefficient (Wildman–Crippen LogP) is 4.12. The topological polar surface area (TPSA) is 48.7 Å². The molecule has 0 aromatic carbocycles. The van der Waals surface area contributed by atoms with Gasteiger partial charge >= 0.3 is 0 Å². The average molecular weight is 298 g/mol. The number of methoxy groups -OCH3 is 1. The van der Waals surface area contributed by atoms with Gasteiger partial charge in [-0.3, -0.25) is 4.79 Å². The molecule has 0 spiro atoms. The third kappa shape index (κ3) is 3.52. The summed E-state index contributed by atoms with van der Waals surface area (Å²) < 4.78 is 17.1. The van der Waals surface area contributed by atoms with Crippen LogP contribution in [-0.2, 0) is 4.43 Å². The van der Waals surface area contributed by atoms with E-state index < -0.39 is 8.32 Å². The van der Waals surface area contributed by atoms with Crippen LogP contribution in [-0.4, -0.2) is 15.4 Å². The molecule has 0 aliphatic rings. The molecule has 0 amide bonds. The first-order valence-electron chi connectivity index (χ1n) is 6.97. The molecule has 1 aromatic heterocycles. The fourth-order valence-electron chi connectivity index (χ4n) is 1.70. The Balaban J connectivity index is 3.16. The van der Waals surface area contributed by atoms with Crippen LogP contribution in [0.5, 0.6) is 5.75 Å². The van der Waals surface area contributed by atoms with Crippen molar-refractivity contribution in [3.05, 3.63) is 28.3 Å². The summed E-state index contributed by atoms with van der Waals surface area (Å²) in [6, 6.07) is 1.36. The van der Waals surface area contributed by atoms with Crippen LogP contribution in [0, 0.1) is 0 Å². The second-order valence-electron chi connectivity index (χ2n) is 6.46. The summed E-state index contributed by atoms with van der Waals surface area (Å²) >= 11 is 0. The normalized spacial score (nSPS) is 14.2. The number of hydrogen-bond donors (Lipinski definition) is 0. The molecule has 0 radical (unpaired) electrons. The van der Waals surface area contributed by atoms with E-state index in [0.29, 0.717) is 5.76 Å². The number of hydrogen-bond acceptors (Lipinski definition) is 4. The van der Waals surface area contributed by atoms with Gasteiger partial charge in [0.05, 0.1) is 13.4 Å². The Bertz CT molecular complexity index is 499. The van der Waals surface area contributed by atoms with E-state index in [0.717, 1.165) is 6.42 Å². The van der Waals surface area contributed by atoms with Crippen LogP contribution in [0.2, 0.25) is 18.1 Å². The molecule has 1 atom stereocenters. The number of ether oxygens (including phenoxy) is 1. The summed E-state index contributed by atoms with van der Waals surface area (Å²) in [6.45, 7) is 12.9. The van der Waals surface area contributed by atoms with Crippen LogP contribution in [0.15, 0.2) is 21.5 Å². The molecule has 1 rings (SSSR count). The van der Waals surface area contributed by atoms with Crippen LogP contribution in [0.4, 0.5) is 0 Å². The highest BCUT2D eigenvalue weighted by Gasteiger charge is 2.40. The first kappa shape index (κ1) is 17.0. The number of rotatable bonds is 5. The van der Waals surface area contributed by atoms with Crippen molar-refractivity contribution in [3.8, 4) is 5.75 Å². The molecular formula is C15H26O4Si. The van der Waals surface area contributed by atoms with Crippen molar-refractivity contribution >= 4 is 8.32 Å². The lowest BCUT2D eigenvalue weighted by Crippen LogP contribution is -2.41. The highest BCUT2D eigenvalue weighted by molar-refractivity contribution is 6.74. The zero-order valence-electron chi connectivity index (χ0n) is 13.6. The van der Waals surface area contributed by atoms with Gasteiger partial charge in [-0.05, 0) is 24.6 Å². The summed E-state index contributed by atoms with van der Waals surface area (Å²) in [4.78, 5) is 11.8. The van der Waals surface area contributed by atoms with Crippen LogP contribution in [0.3, 0.4) is 0 Å². The molecule has 1 unspecified atom stereocenters. The van der Waals surface area contributed by atoms with E-state index in [-0.39, 0.29) is 22.3 Å². The first-order valence-corrected chi connectivity index (χ1v) is 9.88. The summed E-state index contributed by atoms with van der Waals surface area (Å²) in [5.41, 5.74) is -0.175. The van der Waals surface area contributed by atoms with Gasteiger partial charge < -0.3 is 13.6 Å². The van der Waals surface area contributed by atoms with Crippen molar-refractivity contribution in [1.82, 2.24) is 0 Å². The maximum Gasteiger partial charge on any atom is 0.227 e. The predicted molar refractivity (Wildman–Crippen MR) is 82.8 cm³/mol. The molecule has 20 heavy (non-hydrogen) atoms. The molecular weight excluding hydrogens is 272 g/mol. The molecule has 0 saturated heterocycles. The largest absolute Gasteiger partial charge is 0.490 e. The standard InChI is InChI=1S/C15H26O4Si/c1-8-12(19-20(6,7)15(2,3)4)14-13(17-5)11(16)9-10-18-14/h9-10,12H,8H2,1-7H3. The lowest BCUT2D eigenvalue weighted by atomic mass is 10.2. The van der Waals surface area contributed by atoms with Crippen molar-refractivity contribution in [2.45, 2.75) is 58.4 Å². The Morgan fingerprint density at radius 3 is 2.40 bits per heavy atom. The van der Waals surface area contributed by atoms with Gasteiger partial charge in [0.2, 0.25) is 11.2 Å². The van der Waals surface area contributed by atoms with Crippen molar-refractivity contribution in [3.63, 3.8) is 0 Å². The Kier molecular flexibility index (Phi) is 5.21. The van der Waals surface area contributed by atoms with Crippen LogP contribution in [0.1, 0.15) is 46.0 Å². The lowest BCUT2D eigenvalue weighted by Gasteiger charge is -2.38. The van der Waals surface area contributed by atoms with Crippen molar-refractivity contribution in [1.29, 1.82) is 0 Å². The van der Waals surface area contributed by atoms with Crippen molar-refractivity contribution in [2.75, 3.05) is 7.11 Å². The van der Waals surface area contributed by atoms with Gasteiger partial charge in [0.1, 0.15) is 6.10 Å². The van der Waals surface area contributed by atoms with Crippen molar-refractivity contribution < 1.29 is 13.6 Å². The van der Waals surface area contributed by atoms with Crippen LogP contribution in [0.25, 0.3) is 0 Å². The molecule has 114 valence electrons. The van der Waals surface area contributed by atoms with E-state index in [4.69, 9.17) is 13.6 Å². The average Bonchev–Trinajstić information content (AvgIpc) is 2.34. The van der Waals surface area contributed by atoms with Gasteiger partial charge in [0.15, 0.2) is 14.1 Å². The Morgan fingerprint density at radius 1 is 1.35 bits per heavy atom. The fourth-order valence-corrected chi connectivity index (χ4v) is 3.04. The van der Waals surface area contributed by atoms with Gasteiger partial charge in [0, 0.05) is 6.07 Å². The molecule has 5 heteroatoms. The van der Waals surface area contributed by atoms with Gasteiger partial charge in [-0.2, -0.15) is 0 Å². The molecule has 0 bridgehead atoms. The zero-order valence-corrected chi connectivity index (χ0v) is 14.6. The fraction of sp³-hybridized carbons (Fsp3) is 0.667. The maximum absolute atomic E-state index is 11.8. The Morgan fingerprint density at radius 2 is 1.95 bits per heavy atom. The minimum atomic E-state index is -1.94. The minimum Gasteiger partial charge on any atom is -0.490 e. The van der Waals surface area contributed by atoms with E-state index in [9.17, 15) is 4.79 Å². The maximum atomic E-state index is 11.8.